The summed E-state index contributed by atoms with van der Waals surface area (Å²) in [7, 11) is 1.70. The molecule has 2 rings (SSSR count). The van der Waals surface area contributed by atoms with Crippen molar-refractivity contribution >= 4 is 34.1 Å². The van der Waals surface area contributed by atoms with Crippen LogP contribution in [0.4, 0.5) is 0 Å². The van der Waals surface area contributed by atoms with Crippen LogP contribution in [0.3, 0.4) is 0 Å². The molecule has 1 heterocycles. The highest BCUT2D eigenvalue weighted by Crippen LogP contribution is 2.32. The van der Waals surface area contributed by atoms with Crippen LogP contribution in [0.5, 0.6) is 5.75 Å². The second-order valence-electron chi connectivity index (χ2n) is 2.94. The summed E-state index contributed by atoms with van der Waals surface area (Å²) in [6, 6.07) is 6.27. The summed E-state index contributed by atoms with van der Waals surface area (Å²) < 4.78 is 7.52. The molecule has 0 fully saturated rings. The van der Waals surface area contributed by atoms with Gasteiger partial charge in [-0.1, -0.05) is 0 Å². The quantitative estimate of drug-likeness (QED) is 0.709. The second kappa shape index (κ2) is 3.24. The minimum atomic E-state index is 0.947. The zero-order chi connectivity index (χ0) is 9.42. The number of thiol groups is 1. The first kappa shape index (κ1) is 8.91. The van der Waals surface area contributed by atoms with Crippen molar-refractivity contribution in [2.24, 2.45) is 0 Å². The first-order valence-electron chi connectivity index (χ1n) is 3.98. The van der Waals surface area contributed by atoms with Crippen LogP contribution in [-0.4, -0.2) is 7.11 Å². The van der Waals surface area contributed by atoms with E-state index in [-0.39, 0.29) is 0 Å². The Morgan fingerprint density at radius 1 is 1.31 bits per heavy atom. The molecule has 1 aromatic carbocycles. The van der Waals surface area contributed by atoms with Gasteiger partial charge in [-0.25, -0.2) is 0 Å². The molecule has 13 heavy (non-hydrogen) atoms. The van der Waals surface area contributed by atoms with Gasteiger partial charge in [0.1, 0.15) is 5.75 Å². The summed E-state index contributed by atoms with van der Waals surface area (Å²) in [5.41, 5.74) is 1.17. The van der Waals surface area contributed by atoms with Gasteiger partial charge in [0.15, 0.2) is 0 Å². The van der Waals surface area contributed by atoms with Crippen LogP contribution in [0.15, 0.2) is 22.4 Å². The monoisotopic (exact) mass is 210 g/mol. The van der Waals surface area contributed by atoms with Gasteiger partial charge in [0.05, 0.1) is 11.3 Å². The van der Waals surface area contributed by atoms with Gasteiger partial charge in [-0.3, -0.25) is 0 Å². The van der Waals surface area contributed by atoms with Gasteiger partial charge in [-0.05, 0) is 36.1 Å². The molecular weight excluding hydrogens is 200 g/mol. The lowest BCUT2D eigenvalue weighted by molar-refractivity contribution is 0.412. The average Bonchev–Trinajstić information content (AvgIpc) is 2.42. The number of aryl methyl sites for hydroxylation is 1. The number of hydrogen-bond donors (Lipinski definition) is 1. The molecule has 1 aromatic heterocycles. The van der Waals surface area contributed by atoms with Gasteiger partial charge in [0, 0.05) is 4.70 Å². The molecule has 0 saturated heterocycles. The number of ether oxygens (including phenoxy) is 1. The smallest absolute Gasteiger partial charge is 0.123 e. The van der Waals surface area contributed by atoms with Crippen molar-refractivity contribution in [3.8, 4) is 5.75 Å². The first-order chi connectivity index (χ1) is 6.20. The molecular formula is C10H10OS2. The standard InChI is InChI=1S/C10H10OS2/c1-6-3-7-4-10(12)13-9(7)5-8(6)11-2/h3-5,12H,1-2H3. The highest BCUT2D eigenvalue weighted by Gasteiger charge is 2.03. The average molecular weight is 210 g/mol. The Labute approximate surface area is 86.8 Å². The fourth-order valence-electron chi connectivity index (χ4n) is 1.39. The van der Waals surface area contributed by atoms with Crippen LogP contribution in [0.2, 0.25) is 0 Å². The third kappa shape index (κ3) is 1.54. The lowest BCUT2D eigenvalue weighted by Crippen LogP contribution is -1.85. The Bertz CT molecular complexity index is 445. The number of methoxy groups -OCH3 is 1. The molecule has 0 saturated carbocycles. The maximum atomic E-state index is 5.24. The van der Waals surface area contributed by atoms with Gasteiger partial charge < -0.3 is 4.74 Å². The van der Waals surface area contributed by atoms with Crippen LogP contribution < -0.4 is 4.74 Å². The van der Waals surface area contributed by atoms with Crippen LogP contribution >= 0.6 is 24.0 Å². The first-order valence-corrected chi connectivity index (χ1v) is 5.24. The summed E-state index contributed by atoms with van der Waals surface area (Å²) in [4.78, 5) is 0. The van der Waals surface area contributed by atoms with E-state index in [9.17, 15) is 0 Å². The topological polar surface area (TPSA) is 9.23 Å². The van der Waals surface area contributed by atoms with Crippen LogP contribution in [0.1, 0.15) is 5.56 Å². The normalized spacial score (nSPS) is 10.7. The van der Waals surface area contributed by atoms with Crippen LogP contribution in [0, 0.1) is 6.92 Å². The molecule has 0 aliphatic heterocycles. The Balaban J connectivity index is 2.72. The lowest BCUT2D eigenvalue weighted by atomic mass is 10.2. The Morgan fingerprint density at radius 2 is 2.08 bits per heavy atom. The number of hydrogen-bond acceptors (Lipinski definition) is 3. The Hall–Kier alpha value is -0.670. The van der Waals surface area contributed by atoms with Gasteiger partial charge in [0.25, 0.3) is 0 Å². The third-order valence-electron chi connectivity index (χ3n) is 2.02. The molecule has 68 valence electrons. The second-order valence-corrected chi connectivity index (χ2v) is 4.81. The van der Waals surface area contributed by atoms with Gasteiger partial charge in [-0.2, -0.15) is 0 Å². The minimum Gasteiger partial charge on any atom is -0.496 e. The highest BCUT2D eigenvalue weighted by atomic mass is 32.2. The van der Waals surface area contributed by atoms with E-state index in [2.05, 4.69) is 30.8 Å². The molecule has 0 spiro atoms. The predicted octanol–water partition coefficient (Wildman–Crippen LogP) is 3.51. The van der Waals surface area contributed by atoms with Crippen molar-refractivity contribution < 1.29 is 4.74 Å². The third-order valence-corrected chi connectivity index (χ3v) is 3.32. The molecule has 0 aliphatic rings. The van der Waals surface area contributed by atoms with Crippen molar-refractivity contribution in [3.63, 3.8) is 0 Å². The van der Waals surface area contributed by atoms with Crippen molar-refractivity contribution in [1.29, 1.82) is 0 Å². The molecule has 0 unspecified atom stereocenters. The van der Waals surface area contributed by atoms with Gasteiger partial charge in [-0.15, -0.1) is 24.0 Å². The Kier molecular flexibility index (Phi) is 2.22. The number of benzene rings is 1. The summed E-state index contributed by atoms with van der Waals surface area (Å²) in [5, 5.41) is 1.24. The van der Waals surface area contributed by atoms with E-state index in [4.69, 9.17) is 4.74 Å². The lowest BCUT2D eigenvalue weighted by Gasteiger charge is -2.03. The number of rotatable bonds is 1. The fourth-order valence-corrected chi connectivity index (χ4v) is 2.63. The van der Waals surface area contributed by atoms with Gasteiger partial charge >= 0.3 is 0 Å². The molecule has 1 nitrogen and oxygen atoms in total. The van der Waals surface area contributed by atoms with E-state index < -0.39 is 0 Å². The van der Waals surface area contributed by atoms with E-state index in [1.165, 1.54) is 15.6 Å². The fraction of sp³-hybridized carbons (Fsp3) is 0.200. The summed E-state index contributed by atoms with van der Waals surface area (Å²) in [5.74, 6) is 0.947. The number of fused-ring (bicyclic) bond motifs is 1. The van der Waals surface area contributed by atoms with E-state index in [0.717, 1.165) is 9.96 Å². The van der Waals surface area contributed by atoms with E-state index in [0.29, 0.717) is 0 Å². The van der Waals surface area contributed by atoms with E-state index in [1.54, 1.807) is 18.4 Å². The van der Waals surface area contributed by atoms with Crippen molar-refractivity contribution in [2.75, 3.05) is 7.11 Å². The largest absolute Gasteiger partial charge is 0.496 e. The molecule has 0 aliphatic carbocycles. The van der Waals surface area contributed by atoms with Crippen LogP contribution in [-0.2, 0) is 0 Å². The van der Waals surface area contributed by atoms with Crippen molar-refractivity contribution in [2.45, 2.75) is 11.1 Å². The highest BCUT2D eigenvalue weighted by molar-refractivity contribution is 7.83. The zero-order valence-electron chi connectivity index (χ0n) is 7.50. The molecule has 3 heteroatoms. The zero-order valence-corrected chi connectivity index (χ0v) is 9.21. The summed E-state index contributed by atoms with van der Waals surface area (Å²) >= 11 is 5.99. The summed E-state index contributed by atoms with van der Waals surface area (Å²) in [6.07, 6.45) is 0. The number of thiophene rings is 1. The molecule has 0 amide bonds. The maximum absolute atomic E-state index is 5.24. The van der Waals surface area contributed by atoms with E-state index in [1.807, 2.05) is 6.92 Å². The van der Waals surface area contributed by atoms with Gasteiger partial charge in [0.2, 0.25) is 0 Å². The molecule has 0 radical (unpaired) electrons. The Morgan fingerprint density at radius 3 is 2.77 bits per heavy atom. The molecule has 0 atom stereocenters. The SMILES string of the molecule is COc1cc2sc(S)cc2cc1C. The van der Waals surface area contributed by atoms with Crippen LogP contribution in [0.25, 0.3) is 10.1 Å². The molecule has 2 aromatic rings. The summed E-state index contributed by atoms with van der Waals surface area (Å²) in [6.45, 7) is 2.05. The predicted molar refractivity (Wildman–Crippen MR) is 60.4 cm³/mol. The van der Waals surface area contributed by atoms with E-state index >= 15 is 0 Å². The maximum Gasteiger partial charge on any atom is 0.123 e. The molecule has 0 bridgehead atoms. The van der Waals surface area contributed by atoms with Crippen molar-refractivity contribution in [3.05, 3.63) is 23.8 Å². The minimum absolute atomic E-state index is 0.947. The van der Waals surface area contributed by atoms with Crippen molar-refractivity contribution in [1.82, 2.24) is 0 Å². The molecule has 0 N–H and O–H groups in total.